The number of hydrogen-bond donors (Lipinski definition) is 1. The number of nitrogens with one attached hydrogen (secondary N) is 1. The lowest BCUT2D eigenvalue weighted by Gasteiger charge is -2.13. The van der Waals surface area contributed by atoms with Crippen LogP contribution in [0.4, 0.5) is 5.82 Å². The summed E-state index contributed by atoms with van der Waals surface area (Å²) in [5.74, 6) is 0.729. The summed E-state index contributed by atoms with van der Waals surface area (Å²) < 4.78 is 0. The summed E-state index contributed by atoms with van der Waals surface area (Å²) in [6, 6.07) is 7.46. The molecule has 110 valence electrons. The smallest absolute Gasteiger partial charge is 0.134 e. The van der Waals surface area contributed by atoms with Crippen molar-refractivity contribution in [1.29, 1.82) is 0 Å². The minimum absolute atomic E-state index is 0.573. The number of hydrogen-bond acceptors (Lipinski definition) is 3. The van der Waals surface area contributed by atoms with E-state index >= 15 is 0 Å². The quantitative estimate of drug-likeness (QED) is 0.668. The molecule has 2 aromatic heterocycles. The van der Waals surface area contributed by atoms with Crippen LogP contribution in [-0.4, -0.2) is 16.5 Å². The van der Waals surface area contributed by atoms with Gasteiger partial charge in [-0.2, -0.15) is 0 Å². The van der Waals surface area contributed by atoms with Gasteiger partial charge in [0.15, 0.2) is 0 Å². The predicted molar refractivity (Wildman–Crippen MR) is 93.7 cm³/mol. The Bertz CT molecular complexity index is 832. The zero-order valence-corrected chi connectivity index (χ0v) is 13.2. The van der Waals surface area contributed by atoms with E-state index in [1.54, 1.807) is 30.7 Å². The monoisotopic (exact) mass is 329 g/mol. The molecule has 0 saturated carbocycles. The molecule has 0 amide bonds. The first kappa shape index (κ1) is 14.8. The molecule has 3 aromatic rings. The third-order valence-corrected chi connectivity index (χ3v) is 3.80. The Morgan fingerprint density at radius 2 is 2.09 bits per heavy atom. The van der Waals surface area contributed by atoms with Crippen molar-refractivity contribution in [2.24, 2.45) is 0 Å². The molecule has 0 fully saturated rings. The summed E-state index contributed by atoms with van der Waals surface area (Å²) in [4.78, 5) is 8.66. The standard InChI is InChI=1S/C17H13Cl2N3/c1-2-5-21-17-13-7-12(18)8-15(19)16(13)14(10-22-17)11-4-3-6-20-9-11/h2-4,6-10H,1,5H2,(H,21,22). The lowest BCUT2D eigenvalue weighted by Crippen LogP contribution is -2.01. The lowest BCUT2D eigenvalue weighted by atomic mass is 10.0. The number of rotatable bonds is 4. The molecule has 0 unspecified atom stereocenters. The van der Waals surface area contributed by atoms with Gasteiger partial charge in [-0.1, -0.05) is 35.3 Å². The summed E-state index contributed by atoms with van der Waals surface area (Å²) in [6.07, 6.45) is 7.09. The van der Waals surface area contributed by atoms with Crippen molar-refractivity contribution in [2.75, 3.05) is 11.9 Å². The first-order valence-electron chi connectivity index (χ1n) is 6.73. The molecule has 0 radical (unpaired) electrons. The Labute approximate surface area is 138 Å². The summed E-state index contributed by atoms with van der Waals surface area (Å²) >= 11 is 12.6. The van der Waals surface area contributed by atoms with Gasteiger partial charge in [-0.3, -0.25) is 4.98 Å². The summed E-state index contributed by atoms with van der Waals surface area (Å²) in [5, 5.41) is 6.15. The van der Waals surface area contributed by atoms with Crippen molar-refractivity contribution >= 4 is 39.8 Å². The van der Waals surface area contributed by atoms with Gasteiger partial charge in [0.1, 0.15) is 5.82 Å². The number of pyridine rings is 2. The average Bonchev–Trinajstić information content (AvgIpc) is 2.53. The minimum atomic E-state index is 0.573. The van der Waals surface area contributed by atoms with Gasteiger partial charge in [0.2, 0.25) is 0 Å². The van der Waals surface area contributed by atoms with Crippen molar-refractivity contribution in [3.05, 3.63) is 65.6 Å². The van der Waals surface area contributed by atoms with Crippen LogP contribution in [0.25, 0.3) is 21.9 Å². The topological polar surface area (TPSA) is 37.8 Å². The number of anilines is 1. The van der Waals surface area contributed by atoms with Crippen LogP contribution in [0, 0.1) is 0 Å². The molecule has 0 aliphatic heterocycles. The van der Waals surface area contributed by atoms with Crippen LogP contribution >= 0.6 is 23.2 Å². The molecule has 1 N–H and O–H groups in total. The van der Waals surface area contributed by atoms with Gasteiger partial charge in [0.25, 0.3) is 0 Å². The first-order valence-corrected chi connectivity index (χ1v) is 7.49. The molecular weight excluding hydrogens is 317 g/mol. The maximum Gasteiger partial charge on any atom is 0.134 e. The van der Waals surface area contributed by atoms with Crippen LogP contribution in [0.3, 0.4) is 0 Å². The molecule has 0 bridgehead atoms. The highest BCUT2D eigenvalue weighted by Gasteiger charge is 2.13. The molecule has 0 spiro atoms. The summed E-state index contributed by atoms with van der Waals surface area (Å²) in [6.45, 7) is 4.31. The Kier molecular flexibility index (Phi) is 4.27. The Hall–Kier alpha value is -2.10. The molecule has 22 heavy (non-hydrogen) atoms. The Morgan fingerprint density at radius 3 is 2.82 bits per heavy atom. The van der Waals surface area contributed by atoms with Crippen molar-refractivity contribution in [2.45, 2.75) is 0 Å². The first-order chi connectivity index (χ1) is 10.7. The molecular formula is C17H13Cl2N3. The Morgan fingerprint density at radius 1 is 1.23 bits per heavy atom. The van der Waals surface area contributed by atoms with Crippen molar-refractivity contribution in [1.82, 2.24) is 9.97 Å². The molecule has 0 atom stereocenters. The van der Waals surface area contributed by atoms with E-state index in [1.165, 1.54) is 0 Å². The van der Waals surface area contributed by atoms with Crippen LogP contribution in [-0.2, 0) is 0 Å². The van der Waals surface area contributed by atoms with Crippen LogP contribution in [0.1, 0.15) is 0 Å². The van der Waals surface area contributed by atoms with Gasteiger partial charge in [-0.05, 0) is 18.2 Å². The fourth-order valence-corrected chi connectivity index (χ4v) is 2.94. The van der Waals surface area contributed by atoms with Crippen molar-refractivity contribution < 1.29 is 0 Å². The van der Waals surface area contributed by atoms with Gasteiger partial charge in [0, 0.05) is 52.1 Å². The van der Waals surface area contributed by atoms with E-state index in [0.29, 0.717) is 16.6 Å². The van der Waals surface area contributed by atoms with Crippen LogP contribution in [0.15, 0.2) is 55.5 Å². The van der Waals surface area contributed by atoms with E-state index in [9.17, 15) is 0 Å². The summed E-state index contributed by atoms with van der Waals surface area (Å²) in [7, 11) is 0. The second-order valence-corrected chi connectivity index (χ2v) is 5.59. The third kappa shape index (κ3) is 2.78. The molecule has 2 heterocycles. The number of benzene rings is 1. The van der Waals surface area contributed by atoms with E-state index in [2.05, 4.69) is 21.9 Å². The van der Waals surface area contributed by atoms with Crippen molar-refractivity contribution in [3.63, 3.8) is 0 Å². The number of fused-ring (bicyclic) bond motifs is 1. The number of aromatic nitrogens is 2. The zero-order valence-electron chi connectivity index (χ0n) is 11.7. The molecule has 3 rings (SSSR count). The van der Waals surface area contributed by atoms with Crippen molar-refractivity contribution in [3.8, 4) is 11.1 Å². The predicted octanol–water partition coefficient (Wildman–Crippen LogP) is 5.20. The number of nitrogens with zero attached hydrogens (tertiary/aromatic N) is 2. The highest BCUT2D eigenvalue weighted by molar-refractivity contribution is 6.40. The van der Waals surface area contributed by atoms with Gasteiger partial charge in [-0.25, -0.2) is 4.98 Å². The maximum absolute atomic E-state index is 6.44. The molecule has 0 aliphatic carbocycles. The third-order valence-electron chi connectivity index (χ3n) is 3.29. The van der Waals surface area contributed by atoms with Gasteiger partial charge in [-0.15, -0.1) is 6.58 Å². The molecule has 1 aromatic carbocycles. The fourth-order valence-electron chi connectivity index (χ4n) is 2.35. The minimum Gasteiger partial charge on any atom is -0.366 e. The molecule has 0 aliphatic rings. The van der Waals surface area contributed by atoms with E-state index in [0.717, 1.165) is 27.7 Å². The van der Waals surface area contributed by atoms with Gasteiger partial charge >= 0.3 is 0 Å². The number of halogens is 2. The second-order valence-electron chi connectivity index (χ2n) is 4.74. The van der Waals surface area contributed by atoms with E-state index in [4.69, 9.17) is 23.2 Å². The molecule has 3 nitrogen and oxygen atoms in total. The van der Waals surface area contributed by atoms with Gasteiger partial charge < -0.3 is 5.32 Å². The highest BCUT2D eigenvalue weighted by Crippen LogP contribution is 2.38. The van der Waals surface area contributed by atoms with Gasteiger partial charge in [0.05, 0.1) is 5.02 Å². The average molecular weight is 330 g/mol. The fraction of sp³-hybridized carbons (Fsp3) is 0.0588. The van der Waals surface area contributed by atoms with Crippen LogP contribution in [0.5, 0.6) is 0 Å². The maximum atomic E-state index is 6.44. The molecule has 0 saturated heterocycles. The summed E-state index contributed by atoms with van der Waals surface area (Å²) in [5.41, 5.74) is 1.88. The zero-order chi connectivity index (χ0) is 15.5. The van der Waals surface area contributed by atoms with Crippen LogP contribution < -0.4 is 5.32 Å². The van der Waals surface area contributed by atoms with E-state index in [1.807, 2.05) is 18.2 Å². The van der Waals surface area contributed by atoms with Crippen LogP contribution in [0.2, 0.25) is 10.0 Å². The lowest BCUT2D eigenvalue weighted by molar-refractivity contribution is 1.25. The Balaban J connectivity index is 2.30. The highest BCUT2D eigenvalue weighted by atomic mass is 35.5. The van der Waals surface area contributed by atoms with E-state index < -0.39 is 0 Å². The largest absolute Gasteiger partial charge is 0.366 e. The normalized spacial score (nSPS) is 10.6. The molecule has 5 heteroatoms. The second kappa shape index (κ2) is 6.34. The SMILES string of the molecule is C=CCNc1ncc(-c2cccnc2)c2c(Cl)cc(Cl)cc12. The van der Waals surface area contributed by atoms with E-state index in [-0.39, 0.29) is 0 Å².